The summed E-state index contributed by atoms with van der Waals surface area (Å²) in [6.07, 6.45) is 2.70. The number of rotatable bonds is 4. The Kier molecular flexibility index (Phi) is 5.74. The Balaban J connectivity index is 2.09. The van der Waals surface area contributed by atoms with Gasteiger partial charge in [-0.1, -0.05) is 62.5 Å². The highest BCUT2D eigenvalue weighted by atomic mass is 79.9. The Morgan fingerprint density at radius 2 is 1.62 bits per heavy atom. The van der Waals surface area contributed by atoms with E-state index in [-0.39, 0.29) is 6.04 Å². The second-order valence-electron chi connectivity index (χ2n) is 6.10. The number of hydrogen-bond donors (Lipinski definition) is 1. The van der Waals surface area contributed by atoms with Gasteiger partial charge in [0.05, 0.1) is 6.04 Å². The van der Waals surface area contributed by atoms with E-state index in [1.165, 1.54) is 0 Å². The SMILES string of the molecule is O=C(O)C1CCCCN1C(c1cccc(Br)c1)c1cccc(Br)c1. The molecule has 0 radical (unpaired) electrons. The second kappa shape index (κ2) is 7.81. The summed E-state index contributed by atoms with van der Waals surface area (Å²) in [5.74, 6) is -0.732. The monoisotopic (exact) mass is 451 g/mol. The van der Waals surface area contributed by atoms with Crippen LogP contribution >= 0.6 is 31.9 Å². The Bertz CT molecular complexity index is 689. The average molecular weight is 453 g/mol. The van der Waals surface area contributed by atoms with E-state index in [0.29, 0.717) is 6.42 Å². The van der Waals surface area contributed by atoms with Gasteiger partial charge in [-0.25, -0.2) is 0 Å². The summed E-state index contributed by atoms with van der Waals surface area (Å²) in [6, 6.07) is 15.8. The molecule has 2 aromatic rings. The van der Waals surface area contributed by atoms with E-state index >= 15 is 0 Å². The van der Waals surface area contributed by atoms with Gasteiger partial charge < -0.3 is 5.11 Å². The van der Waals surface area contributed by atoms with Crippen LogP contribution in [0.4, 0.5) is 0 Å². The lowest BCUT2D eigenvalue weighted by atomic mass is 9.92. The number of carboxylic acid groups (broad SMARTS) is 1. The van der Waals surface area contributed by atoms with Gasteiger partial charge in [0.15, 0.2) is 0 Å². The van der Waals surface area contributed by atoms with Gasteiger partial charge in [-0.3, -0.25) is 9.69 Å². The summed E-state index contributed by atoms with van der Waals surface area (Å²) >= 11 is 7.08. The summed E-state index contributed by atoms with van der Waals surface area (Å²) in [5, 5.41) is 9.70. The first-order chi connectivity index (χ1) is 11.6. The van der Waals surface area contributed by atoms with Crippen LogP contribution in [-0.4, -0.2) is 28.6 Å². The van der Waals surface area contributed by atoms with Gasteiger partial charge in [0.1, 0.15) is 6.04 Å². The van der Waals surface area contributed by atoms with Crippen molar-refractivity contribution in [3.05, 3.63) is 68.6 Å². The molecule has 1 fully saturated rings. The van der Waals surface area contributed by atoms with Crippen molar-refractivity contribution in [2.45, 2.75) is 31.3 Å². The van der Waals surface area contributed by atoms with Gasteiger partial charge in [-0.2, -0.15) is 0 Å². The number of likely N-dealkylation sites (tertiary alicyclic amines) is 1. The van der Waals surface area contributed by atoms with E-state index < -0.39 is 12.0 Å². The van der Waals surface area contributed by atoms with Gasteiger partial charge in [-0.05, 0) is 54.8 Å². The number of halogens is 2. The molecule has 0 spiro atoms. The number of nitrogens with zero attached hydrogens (tertiary/aromatic N) is 1. The van der Waals surface area contributed by atoms with Crippen molar-refractivity contribution in [1.82, 2.24) is 4.90 Å². The normalized spacial score (nSPS) is 18.7. The number of benzene rings is 2. The minimum atomic E-state index is -0.732. The van der Waals surface area contributed by atoms with Crippen LogP contribution in [0.5, 0.6) is 0 Å². The molecular weight excluding hydrogens is 434 g/mol. The van der Waals surface area contributed by atoms with Gasteiger partial charge >= 0.3 is 5.97 Å². The van der Waals surface area contributed by atoms with Crippen molar-refractivity contribution in [3.8, 4) is 0 Å². The molecule has 0 aliphatic carbocycles. The Labute approximate surface area is 158 Å². The smallest absolute Gasteiger partial charge is 0.320 e. The third-order valence-corrected chi connectivity index (χ3v) is 5.48. The summed E-state index contributed by atoms with van der Waals surface area (Å²) in [6.45, 7) is 0.792. The highest BCUT2D eigenvalue weighted by Gasteiger charge is 2.35. The molecule has 1 N–H and O–H groups in total. The highest BCUT2D eigenvalue weighted by molar-refractivity contribution is 9.10. The first-order valence-corrected chi connectivity index (χ1v) is 9.64. The van der Waals surface area contributed by atoms with E-state index in [1.54, 1.807) is 0 Å². The maximum Gasteiger partial charge on any atom is 0.320 e. The molecule has 126 valence electrons. The van der Waals surface area contributed by atoms with E-state index in [0.717, 1.165) is 39.5 Å². The number of carboxylic acids is 1. The largest absolute Gasteiger partial charge is 0.480 e. The molecule has 2 aromatic carbocycles. The predicted octanol–water partition coefficient (Wildman–Crippen LogP) is 5.24. The predicted molar refractivity (Wildman–Crippen MR) is 102 cm³/mol. The molecular formula is C19H19Br2NO2. The zero-order valence-corrected chi connectivity index (χ0v) is 16.3. The summed E-state index contributed by atoms with van der Waals surface area (Å²) in [4.78, 5) is 13.9. The van der Waals surface area contributed by atoms with E-state index in [1.807, 2.05) is 24.3 Å². The van der Waals surface area contributed by atoms with Crippen molar-refractivity contribution in [3.63, 3.8) is 0 Å². The highest BCUT2D eigenvalue weighted by Crippen LogP contribution is 2.36. The molecule has 1 heterocycles. The molecule has 1 saturated heterocycles. The van der Waals surface area contributed by atoms with Crippen LogP contribution in [0.15, 0.2) is 57.5 Å². The second-order valence-corrected chi connectivity index (χ2v) is 7.93. The van der Waals surface area contributed by atoms with Gasteiger partial charge in [0.25, 0.3) is 0 Å². The maximum absolute atomic E-state index is 11.8. The Hall–Kier alpha value is -1.17. The van der Waals surface area contributed by atoms with Crippen LogP contribution in [0, 0.1) is 0 Å². The first kappa shape index (κ1) is 17.6. The lowest BCUT2D eigenvalue weighted by Gasteiger charge is -2.39. The van der Waals surface area contributed by atoms with Crippen LogP contribution in [-0.2, 0) is 4.79 Å². The molecule has 24 heavy (non-hydrogen) atoms. The van der Waals surface area contributed by atoms with E-state index in [2.05, 4.69) is 61.0 Å². The lowest BCUT2D eigenvalue weighted by Crippen LogP contribution is -2.46. The van der Waals surface area contributed by atoms with Crippen molar-refractivity contribution >= 4 is 37.8 Å². The molecule has 1 aliphatic heterocycles. The topological polar surface area (TPSA) is 40.5 Å². The zero-order chi connectivity index (χ0) is 17.1. The molecule has 1 aliphatic rings. The summed E-state index contributed by atoms with van der Waals surface area (Å²) in [7, 11) is 0. The summed E-state index contributed by atoms with van der Waals surface area (Å²) < 4.78 is 2.01. The van der Waals surface area contributed by atoms with Crippen molar-refractivity contribution in [1.29, 1.82) is 0 Å². The van der Waals surface area contributed by atoms with Crippen molar-refractivity contribution in [2.75, 3.05) is 6.54 Å². The Morgan fingerprint density at radius 3 is 2.12 bits per heavy atom. The van der Waals surface area contributed by atoms with Crippen molar-refractivity contribution < 1.29 is 9.90 Å². The molecule has 0 amide bonds. The molecule has 3 rings (SSSR count). The zero-order valence-electron chi connectivity index (χ0n) is 13.2. The molecule has 0 saturated carbocycles. The Morgan fingerprint density at radius 1 is 1.04 bits per heavy atom. The molecule has 1 atom stereocenters. The third-order valence-electron chi connectivity index (χ3n) is 4.49. The number of carbonyl (C=O) groups is 1. The number of piperidine rings is 1. The number of aliphatic carboxylic acids is 1. The van der Waals surface area contributed by atoms with Gasteiger partial charge in [-0.15, -0.1) is 0 Å². The summed E-state index contributed by atoms with van der Waals surface area (Å²) in [5.41, 5.74) is 2.21. The fourth-order valence-corrected chi connectivity index (χ4v) is 4.29. The average Bonchev–Trinajstić information content (AvgIpc) is 2.56. The van der Waals surface area contributed by atoms with E-state index in [9.17, 15) is 9.90 Å². The first-order valence-electron chi connectivity index (χ1n) is 8.06. The standard InChI is InChI=1S/C19H19Br2NO2/c20-15-7-3-5-13(11-15)18(14-6-4-8-16(21)12-14)22-10-2-1-9-17(22)19(23)24/h3-8,11-12,17-18H,1-2,9-10H2,(H,23,24). The molecule has 5 heteroatoms. The quantitative estimate of drug-likeness (QED) is 0.689. The van der Waals surface area contributed by atoms with E-state index in [4.69, 9.17) is 0 Å². The molecule has 3 nitrogen and oxygen atoms in total. The third kappa shape index (κ3) is 3.90. The molecule has 1 unspecified atom stereocenters. The van der Waals surface area contributed by atoms with Crippen LogP contribution < -0.4 is 0 Å². The van der Waals surface area contributed by atoms with Crippen LogP contribution in [0.2, 0.25) is 0 Å². The van der Waals surface area contributed by atoms with Gasteiger partial charge in [0, 0.05) is 8.95 Å². The minimum Gasteiger partial charge on any atom is -0.480 e. The maximum atomic E-state index is 11.8. The van der Waals surface area contributed by atoms with Crippen LogP contribution in [0.3, 0.4) is 0 Å². The van der Waals surface area contributed by atoms with Crippen LogP contribution in [0.1, 0.15) is 36.4 Å². The fraction of sp³-hybridized carbons (Fsp3) is 0.316. The minimum absolute atomic E-state index is 0.0681. The lowest BCUT2D eigenvalue weighted by molar-refractivity contribution is -0.145. The molecule has 0 aromatic heterocycles. The van der Waals surface area contributed by atoms with Gasteiger partial charge in [0.2, 0.25) is 0 Å². The number of hydrogen-bond acceptors (Lipinski definition) is 2. The molecule has 0 bridgehead atoms. The van der Waals surface area contributed by atoms with Crippen LogP contribution in [0.25, 0.3) is 0 Å². The van der Waals surface area contributed by atoms with Crippen molar-refractivity contribution in [2.24, 2.45) is 0 Å². The fourth-order valence-electron chi connectivity index (χ4n) is 3.46.